The summed E-state index contributed by atoms with van der Waals surface area (Å²) in [6, 6.07) is 11.4. The third-order valence-electron chi connectivity index (χ3n) is 2.83. The summed E-state index contributed by atoms with van der Waals surface area (Å²) in [5.41, 5.74) is 0.797. The highest BCUT2D eigenvalue weighted by molar-refractivity contribution is 6.30. The van der Waals surface area contributed by atoms with Crippen molar-refractivity contribution in [1.29, 1.82) is 0 Å². The van der Waals surface area contributed by atoms with Crippen LogP contribution in [0.4, 0.5) is 15.8 Å². The summed E-state index contributed by atoms with van der Waals surface area (Å²) in [5, 5.41) is 5.72. The summed E-state index contributed by atoms with van der Waals surface area (Å²) in [5.74, 6) is -0.279. The van der Waals surface area contributed by atoms with Crippen molar-refractivity contribution in [1.82, 2.24) is 0 Å². The standard InChI is InChI=1S/C16H16ClFN2O2/c1-2-22-15-6-4-3-5-14(15)19-10-16(21)20-13-8-7-11(17)9-12(13)18/h3-9,19H,2,10H2,1H3,(H,20,21). The fraction of sp³-hybridized carbons (Fsp3) is 0.188. The van der Waals surface area contributed by atoms with Gasteiger partial charge in [0.15, 0.2) is 0 Å². The van der Waals surface area contributed by atoms with E-state index in [4.69, 9.17) is 16.3 Å². The zero-order valence-electron chi connectivity index (χ0n) is 12.0. The lowest BCUT2D eigenvalue weighted by Crippen LogP contribution is -2.22. The molecule has 0 aliphatic carbocycles. The molecule has 0 atom stereocenters. The summed E-state index contributed by atoms with van der Waals surface area (Å²) in [7, 11) is 0. The van der Waals surface area contributed by atoms with Gasteiger partial charge in [0.1, 0.15) is 11.6 Å². The number of amides is 1. The number of hydrogen-bond donors (Lipinski definition) is 2. The Morgan fingerprint density at radius 2 is 2.00 bits per heavy atom. The minimum atomic E-state index is -0.574. The van der Waals surface area contributed by atoms with E-state index in [-0.39, 0.29) is 23.2 Å². The van der Waals surface area contributed by atoms with Crippen LogP contribution >= 0.6 is 11.6 Å². The molecule has 0 radical (unpaired) electrons. The summed E-state index contributed by atoms with van der Waals surface area (Å²) >= 11 is 5.66. The Morgan fingerprint density at radius 1 is 1.23 bits per heavy atom. The minimum absolute atomic E-state index is 0.00778. The summed E-state index contributed by atoms with van der Waals surface area (Å²) < 4.78 is 19.0. The molecule has 1 amide bonds. The van der Waals surface area contributed by atoms with Gasteiger partial charge in [0.05, 0.1) is 24.5 Å². The first-order valence-corrected chi connectivity index (χ1v) is 7.18. The number of hydrogen-bond acceptors (Lipinski definition) is 3. The number of carbonyl (C=O) groups excluding carboxylic acids is 1. The van der Waals surface area contributed by atoms with Gasteiger partial charge in [-0.3, -0.25) is 4.79 Å². The van der Waals surface area contributed by atoms with E-state index in [1.165, 1.54) is 12.1 Å². The molecular weight excluding hydrogens is 307 g/mol. The van der Waals surface area contributed by atoms with Crippen molar-refractivity contribution < 1.29 is 13.9 Å². The molecule has 0 aromatic heterocycles. The van der Waals surface area contributed by atoms with Gasteiger partial charge in [-0.15, -0.1) is 0 Å². The maximum Gasteiger partial charge on any atom is 0.243 e. The molecule has 4 nitrogen and oxygen atoms in total. The van der Waals surface area contributed by atoms with Crippen molar-refractivity contribution in [3.63, 3.8) is 0 Å². The molecule has 116 valence electrons. The molecule has 0 spiro atoms. The maximum absolute atomic E-state index is 13.6. The lowest BCUT2D eigenvalue weighted by molar-refractivity contribution is -0.114. The normalized spacial score (nSPS) is 10.1. The predicted octanol–water partition coefficient (Wildman–Crippen LogP) is 3.93. The average molecular weight is 323 g/mol. The third kappa shape index (κ3) is 4.36. The van der Waals surface area contributed by atoms with Crippen LogP contribution in [0, 0.1) is 5.82 Å². The van der Waals surface area contributed by atoms with Crippen molar-refractivity contribution in [3.05, 3.63) is 53.3 Å². The number of benzene rings is 2. The summed E-state index contributed by atoms with van der Waals surface area (Å²) in [4.78, 5) is 11.9. The van der Waals surface area contributed by atoms with Crippen LogP contribution in [0.5, 0.6) is 5.75 Å². The van der Waals surface area contributed by atoms with Gasteiger partial charge < -0.3 is 15.4 Å². The van der Waals surface area contributed by atoms with Crippen LogP contribution in [0.2, 0.25) is 5.02 Å². The molecule has 0 aliphatic rings. The van der Waals surface area contributed by atoms with E-state index >= 15 is 0 Å². The van der Waals surface area contributed by atoms with Crippen molar-refractivity contribution >= 4 is 28.9 Å². The maximum atomic E-state index is 13.6. The van der Waals surface area contributed by atoms with E-state index in [1.54, 1.807) is 6.07 Å². The number of halogens is 2. The quantitative estimate of drug-likeness (QED) is 0.847. The average Bonchev–Trinajstić information content (AvgIpc) is 2.49. The lowest BCUT2D eigenvalue weighted by atomic mass is 10.3. The van der Waals surface area contributed by atoms with Crippen molar-refractivity contribution in [2.24, 2.45) is 0 Å². The van der Waals surface area contributed by atoms with Gasteiger partial charge in [0, 0.05) is 5.02 Å². The highest BCUT2D eigenvalue weighted by atomic mass is 35.5. The molecule has 0 bridgehead atoms. The minimum Gasteiger partial charge on any atom is -0.492 e. The van der Waals surface area contributed by atoms with Crippen LogP contribution in [0.25, 0.3) is 0 Å². The zero-order chi connectivity index (χ0) is 15.9. The first kappa shape index (κ1) is 16.1. The van der Waals surface area contributed by atoms with Crippen molar-refractivity contribution in [2.75, 3.05) is 23.8 Å². The van der Waals surface area contributed by atoms with Crippen LogP contribution < -0.4 is 15.4 Å². The Labute approximate surface area is 133 Å². The molecule has 0 unspecified atom stereocenters. The molecule has 2 aromatic carbocycles. The van der Waals surface area contributed by atoms with E-state index in [9.17, 15) is 9.18 Å². The number of anilines is 2. The first-order valence-electron chi connectivity index (χ1n) is 6.80. The molecule has 2 aromatic rings. The molecule has 22 heavy (non-hydrogen) atoms. The van der Waals surface area contributed by atoms with Gasteiger partial charge in [0.2, 0.25) is 5.91 Å². The Kier molecular flexibility index (Phi) is 5.61. The first-order chi connectivity index (χ1) is 10.6. The monoisotopic (exact) mass is 322 g/mol. The molecule has 2 N–H and O–H groups in total. The van der Waals surface area contributed by atoms with Crippen LogP contribution in [0.15, 0.2) is 42.5 Å². The predicted molar refractivity (Wildman–Crippen MR) is 86.1 cm³/mol. The number of para-hydroxylation sites is 2. The van der Waals surface area contributed by atoms with Crippen LogP contribution in [0.1, 0.15) is 6.92 Å². The van der Waals surface area contributed by atoms with Crippen molar-refractivity contribution in [2.45, 2.75) is 6.92 Å². The fourth-order valence-electron chi connectivity index (χ4n) is 1.85. The second-order valence-corrected chi connectivity index (χ2v) is 4.89. The topological polar surface area (TPSA) is 50.4 Å². The molecule has 0 fully saturated rings. The van der Waals surface area contributed by atoms with Gasteiger partial charge >= 0.3 is 0 Å². The van der Waals surface area contributed by atoms with Gasteiger partial charge in [-0.05, 0) is 37.3 Å². The highest BCUT2D eigenvalue weighted by Crippen LogP contribution is 2.23. The largest absolute Gasteiger partial charge is 0.492 e. The molecule has 0 saturated heterocycles. The van der Waals surface area contributed by atoms with E-state index in [1.807, 2.05) is 25.1 Å². The molecule has 2 rings (SSSR count). The fourth-order valence-corrected chi connectivity index (χ4v) is 2.01. The Hall–Kier alpha value is -2.27. The van der Waals surface area contributed by atoms with Crippen LogP contribution in [-0.2, 0) is 4.79 Å². The smallest absolute Gasteiger partial charge is 0.243 e. The van der Waals surface area contributed by atoms with Gasteiger partial charge in [0.25, 0.3) is 0 Å². The lowest BCUT2D eigenvalue weighted by Gasteiger charge is -2.12. The highest BCUT2D eigenvalue weighted by Gasteiger charge is 2.09. The Morgan fingerprint density at radius 3 is 2.73 bits per heavy atom. The third-order valence-corrected chi connectivity index (χ3v) is 3.07. The summed E-state index contributed by atoms with van der Waals surface area (Å²) in [6.45, 7) is 2.40. The second kappa shape index (κ2) is 7.66. The van der Waals surface area contributed by atoms with Gasteiger partial charge in [-0.25, -0.2) is 4.39 Å². The molecule has 0 aliphatic heterocycles. The van der Waals surface area contributed by atoms with E-state index in [0.717, 1.165) is 6.07 Å². The Balaban J connectivity index is 1.95. The van der Waals surface area contributed by atoms with E-state index in [0.29, 0.717) is 18.0 Å². The molecule has 0 saturated carbocycles. The van der Waals surface area contributed by atoms with Crippen molar-refractivity contribution in [3.8, 4) is 5.75 Å². The van der Waals surface area contributed by atoms with Crippen LogP contribution in [-0.4, -0.2) is 19.1 Å². The Bertz CT molecular complexity index is 664. The molecule has 6 heteroatoms. The number of rotatable bonds is 6. The van der Waals surface area contributed by atoms with Crippen LogP contribution in [0.3, 0.4) is 0 Å². The molecule has 0 heterocycles. The number of carbonyl (C=O) groups is 1. The number of nitrogens with one attached hydrogen (secondary N) is 2. The SMILES string of the molecule is CCOc1ccccc1NCC(=O)Nc1ccc(Cl)cc1F. The molecular formula is C16H16ClFN2O2. The van der Waals surface area contributed by atoms with E-state index < -0.39 is 5.82 Å². The zero-order valence-corrected chi connectivity index (χ0v) is 12.8. The summed E-state index contributed by atoms with van der Waals surface area (Å²) in [6.07, 6.45) is 0. The number of ether oxygens (including phenoxy) is 1. The van der Waals surface area contributed by atoms with E-state index in [2.05, 4.69) is 10.6 Å². The second-order valence-electron chi connectivity index (χ2n) is 4.46. The van der Waals surface area contributed by atoms with Gasteiger partial charge in [-0.2, -0.15) is 0 Å². The van der Waals surface area contributed by atoms with Gasteiger partial charge in [-0.1, -0.05) is 23.7 Å².